The summed E-state index contributed by atoms with van der Waals surface area (Å²) in [5, 5.41) is 5.15. The number of amides is 2. The fraction of sp³-hybridized carbons (Fsp3) is 0.312. The predicted molar refractivity (Wildman–Crippen MR) is 85.4 cm³/mol. The molecule has 0 saturated carbocycles. The summed E-state index contributed by atoms with van der Waals surface area (Å²) in [6, 6.07) is 9.85. The fourth-order valence-electron chi connectivity index (χ4n) is 2.69. The van der Waals surface area contributed by atoms with E-state index < -0.39 is 0 Å². The van der Waals surface area contributed by atoms with E-state index in [4.69, 9.17) is 0 Å². The molecule has 1 aliphatic heterocycles. The van der Waals surface area contributed by atoms with Gasteiger partial charge in [0.15, 0.2) is 5.13 Å². The standard InChI is InChI=1S/C16H17N3O2S/c1-11(12-5-3-2-4-6-12)19-10-13(9-14(19)20)15(21)18-16-17-7-8-22-16/h2-8,11,13H,9-10H2,1H3,(H,17,18,21)/t11-,13-/m0/s1. The smallest absolute Gasteiger partial charge is 0.231 e. The van der Waals surface area contributed by atoms with Crippen LogP contribution in [0.3, 0.4) is 0 Å². The third-order valence-corrected chi connectivity index (χ3v) is 4.63. The van der Waals surface area contributed by atoms with E-state index in [1.54, 1.807) is 16.5 Å². The van der Waals surface area contributed by atoms with Crippen LogP contribution in [0.2, 0.25) is 0 Å². The van der Waals surface area contributed by atoms with Crippen molar-refractivity contribution < 1.29 is 9.59 Å². The van der Waals surface area contributed by atoms with Gasteiger partial charge in [0.25, 0.3) is 0 Å². The molecule has 2 aromatic rings. The molecule has 2 heterocycles. The van der Waals surface area contributed by atoms with Gasteiger partial charge < -0.3 is 10.2 Å². The van der Waals surface area contributed by atoms with Gasteiger partial charge in [-0.25, -0.2) is 4.98 Å². The van der Waals surface area contributed by atoms with Crippen molar-refractivity contribution in [3.8, 4) is 0 Å². The number of carbonyl (C=O) groups is 2. The van der Waals surface area contributed by atoms with Gasteiger partial charge in [-0.05, 0) is 12.5 Å². The number of rotatable bonds is 4. The van der Waals surface area contributed by atoms with E-state index in [0.717, 1.165) is 5.56 Å². The van der Waals surface area contributed by atoms with Crippen LogP contribution in [0.1, 0.15) is 24.9 Å². The normalized spacial score (nSPS) is 19.2. The Morgan fingerprint density at radius 3 is 2.86 bits per heavy atom. The quantitative estimate of drug-likeness (QED) is 0.943. The Bertz CT molecular complexity index is 657. The Morgan fingerprint density at radius 1 is 1.41 bits per heavy atom. The zero-order chi connectivity index (χ0) is 15.5. The van der Waals surface area contributed by atoms with Crippen LogP contribution in [0.25, 0.3) is 0 Å². The summed E-state index contributed by atoms with van der Waals surface area (Å²) < 4.78 is 0. The number of hydrogen-bond acceptors (Lipinski definition) is 4. The van der Waals surface area contributed by atoms with Crippen LogP contribution in [0, 0.1) is 5.92 Å². The molecule has 1 aromatic carbocycles. The van der Waals surface area contributed by atoms with Gasteiger partial charge in [0.05, 0.1) is 12.0 Å². The van der Waals surface area contributed by atoms with Crippen molar-refractivity contribution >= 4 is 28.3 Å². The average molecular weight is 315 g/mol. The van der Waals surface area contributed by atoms with Gasteiger partial charge in [-0.3, -0.25) is 9.59 Å². The highest BCUT2D eigenvalue weighted by Gasteiger charge is 2.37. The van der Waals surface area contributed by atoms with Gasteiger partial charge in [0.1, 0.15) is 0 Å². The largest absolute Gasteiger partial charge is 0.335 e. The molecule has 0 aliphatic carbocycles. The molecule has 114 valence electrons. The Morgan fingerprint density at radius 2 is 2.18 bits per heavy atom. The molecule has 6 heteroatoms. The van der Waals surface area contributed by atoms with E-state index in [1.807, 2.05) is 37.3 Å². The molecule has 5 nitrogen and oxygen atoms in total. The predicted octanol–water partition coefficient (Wildman–Crippen LogP) is 2.69. The third-order valence-electron chi connectivity index (χ3n) is 3.94. The maximum Gasteiger partial charge on any atom is 0.231 e. The highest BCUT2D eigenvalue weighted by Crippen LogP contribution is 2.29. The van der Waals surface area contributed by atoms with E-state index in [-0.39, 0.29) is 30.2 Å². The minimum Gasteiger partial charge on any atom is -0.335 e. The van der Waals surface area contributed by atoms with E-state index in [1.165, 1.54) is 11.3 Å². The van der Waals surface area contributed by atoms with Crippen LogP contribution in [0.4, 0.5) is 5.13 Å². The van der Waals surface area contributed by atoms with Crippen molar-refractivity contribution in [2.45, 2.75) is 19.4 Å². The lowest BCUT2D eigenvalue weighted by Gasteiger charge is -2.25. The number of likely N-dealkylation sites (tertiary alicyclic amines) is 1. The second-order valence-electron chi connectivity index (χ2n) is 5.36. The fourth-order valence-corrected chi connectivity index (χ4v) is 3.22. The first-order chi connectivity index (χ1) is 10.6. The number of nitrogens with zero attached hydrogens (tertiary/aromatic N) is 2. The van der Waals surface area contributed by atoms with E-state index in [9.17, 15) is 9.59 Å². The maximum atomic E-state index is 12.2. The Hall–Kier alpha value is -2.21. The minimum absolute atomic E-state index is 0.0219. The van der Waals surface area contributed by atoms with Gasteiger partial charge in [-0.2, -0.15) is 0 Å². The average Bonchev–Trinajstić information content (AvgIpc) is 3.17. The Balaban J connectivity index is 1.66. The topological polar surface area (TPSA) is 62.3 Å². The van der Waals surface area contributed by atoms with E-state index in [2.05, 4.69) is 10.3 Å². The SMILES string of the molecule is C[C@@H](c1ccccc1)N1C[C@@H](C(=O)Nc2nccs2)CC1=O. The molecular weight excluding hydrogens is 298 g/mol. The molecule has 1 aliphatic rings. The van der Waals surface area contributed by atoms with Crippen LogP contribution in [0.15, 0.2) is 41.9 Å². The second kappa shape index (κ2) is 6.27. The molecule has 0 radical (unpaired) electrons. The first-order valence-electron chi connectivity index (χ1n) is 7.20. The van der Waals surface area contributed by atoms with Crippen LogP contribution < -0.4 is 5.32 Å². The molecule has 1 aromatic heterocycles. The number of anilines is 1. The highest BCUT2D eigenvalue weighted by atomic mass is 32.1. The number of nitrogens with one attached hydrogen (secondary N) is 1. The van der Waals surface area contributed by atoms with Crippen LogP contribution in [-0.4, -0.2) is 28.2 Å². The number of benzene rings is 1. The molecule has 22 heavy (non-hydrogen) atoms. The summed E-state index contributed by atoms with van der Waals surface area (Å²) in [7, 11) is 0. The molecule has 1 fully saturated rings. The van der Waals surface area contributed by atoms with Gasteiger partial charge in [0.2, 0.25) is 11.8 Å². The summed E-state index contributed by atoms with van der Waals surface area (Å²) in [6.07, 6.45) is 1.90. The molecule has 2 atom stereocenters. The lowest BCUT2D eigenvalue weighted by atomic mass is 10.1. The van der Waals surface area contributed by atoms with Crippen molar-refractivity contribution in [1.29, 1.82) is 0 Å². The Kier molecular flexibility index (Phi) is 4.20. The second-order valence-corrected chi connectivity index (χ2v) is 6.25. The monoisotopic (exact) mass is 315 g/mol. The Labute approximate surface area is 133 Å². The third kappa shape index (κ3) is 3.01. The summed E-state index contributed by atoms with van der Waals surface area (Å²) in [5.41, 5.74) is 1.08. The summed E-state index contributed by atoms with van der Waals surface area (Å²) in [5.74, 6) is -0.427. The molecule has 1 saturated heterocycles. The molecule has 0 bridgehead atoms. The summed E-state index contributed by atoms with van der Waals surface area (Å²) in [4.78, 5) is 30.3. The zero-order valence-electron chi connectivity index (χ0n) is 12.2. The van der Waals surface area contributed by atoms with Gasteiger partial charge in [-0.1, -0.05) is 30.3 Å². The first kappa shape index (κ1) is 14.7. The molecule has 1 N–H and O–H groups in total. The maximum absolute atomic E-state index is 12.2. The number of aromatic nitrogens is 1. The van der Waals surface area contributed by atoms with Crippen molar-refractivity contribution in [3.05, 3.63) is 47.5 Å². The highest BCUT2D eigenvalue weighted by molar-refractivity contribution is 7.13. The zero-order valence-corrected chi connectivity index (χ0v) is 13.0. The van der Waals surface area contributed by atoms with Crippen molar-refractivity contribution in [2.24, 2.45) is 5.92 Å². The van der Waals surface area contributed by atoms with Crippen molar-refractivity contribution in [1.82, 2.24) is 9.88 Å². The number of thiazole rings is 1. The van der Waals surface area contributed by atoms with Crippen LogP contribution >= 0.6 is 11.3 Å². The molecule has 2 amide bonds. The van der Waals surface area contributed by atoms with Crippen molar-refractivity contribution in [2.75, 3.05) is 11.9 Å². The molecule has 3 rings (SSSR count). The molecular formula is C16H17N3O2S. The molecule has 0 spiro atoms. The van der Waals surface area contributed by atoms with E-state index >= 15 is 0 Å². The lowest BCUT2D eigenvalue weighted by molar-refractivity contribution is -0.129. The lowest BCUT2D eigenvalue weighted by Crippen LogP contribution is -2.30. The first-order valence-corrected chi connectivity index (χ1v) is 8.08. The number of carbonyl (C=O) groups excluding carboxylic acids is 2. The van der Waals surface area contributed by atoms with Gasteiger partial charge in [0, 0.05) is 24.5 Å². The van der Waals surface area contributed by atoms with Gasteiger partial charge in [-0.15, -0.1) is 11.3 Å². The minimum atomic E-state index is -0.317. The van der Waals surface area contributed by atoms with Crippen LogP contribution in [-0.2, 0) is 9.59 Å². The van der Waals surface area contributed by atoms with Crippen molar-refractivity contribution in [3.63, 3.8) is 0 Å². The number of hydrogen-bond donors (Lipinski definition) is 1. The van der Waals surface area contributed by atoms with Crippen LogP contribution in [0.5, 0.6) is 0 Å². The summed E-state index contributed by atoms with van der Waals surface area (Å²) >= 11 is 1.37. The van der Waals surface area contributed by atoms with E-state index in [0.29, 0.717) is 11.7 Å². The summed E-state index contributed by atoms with van der Waals surface area (Å²) in [6.45, 7) is 2.44. The van der Waals surface area contributed by atoms with Gasteiger partial charge >= 0.3 is 0 Å². The molecule has 0 unspecified atom stereocenters.